The number of aryl methyl sites for hydroxylation is 1. The Morgan fingerprint density at radius 1 is 1.56 bits per heavy atom. The Hall–Kier alpha value is -1.53. The molecule has 1 aromatic heterocycles. The van der Waals surface area contributed by atoms with Gasteiger partial charge in [0.2, 0.25) is 5.95 Å². The first kappa shape index (κ1) is 14.5. The molecule has 0 radical (unpaired) electrons. The lowest BCUT2D eigenvalue weighted by molar-refractivity contribution is -0.147. The third kappa shape index (κ3) is 3.75. The van der Waals surface area contributed by atoms with E-state index >= 15 is 0 Å². The van der Waals surface area contributed by atoms with Gasteiger partial charge >= 0.3 is 5.97 Å². The van der Waals surface area contributed by atoms with Crippen LogP contribution in [0.25, 0.3) is 0 Å². The molecule has 18 heavy (non-hydrogen) atoms. The SMILES string of the molecule is CCOC(=O)CC(O)C(O)c1cc(C)cnc1F. The molecular formula is C12H16FNO4. The molecule has 2 unspecified atom stereocenters. The van der Waals surface area contributed by atoms with Gasteiger partial charge < -0.3 is 14.9 Å². The molecule has 5 nitrogen and oxygen atoms in total. The first-order valence-electron chi connectivity index (χ1n) is 5.59. The van der Waals surface area contributed by atoms with Crippen molar-refractivity contribution >= 4 is 5.97 Å². The third-order valence-electron chi connectivity index (χ3n) is 2.37. The molecule has 2 N–H and O–H groups in total. The molecule has 0 spiro atoms. The molecule has 1 heterocycles. The highest BCUT2D eigenvalue weighted by atomic mass is 19.1. The number of esters is 1. The van der Waals surface area contributed by atoms with Gasteiger partial charge in [0.05, 0.1) is 19.1 Å². The van der Waals surface area contributed by atoms with Gasteiger partial charge in [0.25, 0.3) is 0 Å². The summed E-state index contributed by atoms with van der Waals surface area (Å²) < 4.78 is 18.0. The van der Waals surface area contributed by atoms with Crippen LogP contribution in [0.15, 0.2) is 12.3 Å². The molecule has 0 aromatic carbocycles. The number of hydrogen-bond acceptors (Lipinski definition) is 5. The number of hydrogen-bond donors (Lipinski definition) is 2. The standard InChI is InChI=1S/C12H16FNO4/c1-3-18-10(16)5-9(15)11(17)8-4-7(2)6-14-12(8)13/h4,6,9,11,15,17H,3,5H2,1-2H3. The predicted molar refractivity (Wildman–Crippen MR) is 61.1 cm³/mol. The summed E-state index contributed by atoms with van der Waals surface area (Å²) in [7, 11) is 0. The molecule has 1 aromatic rings. The highest BCUT2D eigenvalue weighted by molar-refractivity contribution is 5.70. The Kier molecular flexibility index (Phi) is 5.18. The monoisotopic (exact) mass is 257 g/mol. The molecule has 1 rings (SSSR count). The van der Waals surface area contributed by atoms with Crippen molar-refractivity contribution in [3.8, 4) is 0 Å². The number of aliphatic hydroxyl groups is 2. The molecular weight excluding hydrogens is 241 g/mol. The van der Waals surface area contributed by atoms with Crippen molar-refractivity contribution in [3.63, 3.8) is 0 Å². The third-order valence-corrected chi connectivity index (χ3v) is 2.37. The van der Waals surface area contributed by atoms with Crippen LogP contribution in [0.4, 0.5) is 4.39 Å². The molecule has 0 bridgehead atoms. The number of ether oxygens (including phenoxy) is 1. The van der Waals surface area contributed by atoms with Crippen LogP contribution in [-0.2, 0) is 9.53 Å². The molecule has 0 saturated carbocycles. The quantitative estimate of drug-likeness (QED) is 0.604. The van der Waals surface area contributed by atoms with Crippen LogP contribution in [0, 0.1) is 12.9 Å². The number of halogens is 1. The van der Waals surface area contributed by atoms with Crippen LogP contribution >= 0.6 is 0 Å². The van der Waals surface area contributed by atoms with Gasteiger partial charge in [-0.2, -0.15) is 4.39 Å². The lowest BCUT2D eigenvalue weighted by Gasteiger charge is -2.17. The topological polar surface area (TPSA) is 79.7 Å². The second-order valence-corrected chi connectivity index (χ2v) is 3.91. The Morgan fingerprint density at radius 2 is 2.22 bits per heavy atom. The summed E-state index contributed by atoms with van der Waals surface area (Å²) in [6.45, 7) is 3.49. The number of aromatic nitrogens is 1. The van der Waals surface area contributed by atoms with E-state index in [0.29, 0.717) is 5.56 Å². The van der Waals surface area contributed by atoms with Crippen molar-refractivity contribution in [3.05, 3.63) is 29.3 Å². The highest BCUT2D eigenvalue weighted by Crippen LogP contribution is 2.22. The van der Waals surface area contributed by atoms with Gasteiger partial charge in [-0.05, 0) is 25.5 Å². The van der Waals surface area contributed by atoms with Gasteiger partial charge in [0.1, 0.15) is 6.10 Å². The normalized spacial score (nSPS) is 14.1. The maximum absolute atomic E-state index is 13.4. The molecule has 0 amide bonds. The van der Waals surface area contributed by atoms with E-state index in [1.807, 2.05) is 0 Å². The van der Waals surface area contributed by atoms with Crippen LogP contribution in [0.3, 0.4) is 0 Å². The van der Waals surface area contributed by atoms with E-state index in [0.717, 1.165) is 0 Å². The molecule has 2 atom stereocenters. The smallest absolute Gasteiger partial charge is 0.308 e. The Bertz CT molecular complexity index is 425. The highest BCUT2D eigenvalue weighted by Gasteiger charge is 2.25. The summed E-state index contributed by atoms with van der Waals surface area (Å²) >= 11 is 0. The fourth-order valence-electron chi connectivity index (χ4n) is 1.49. The largest absolute Gasteiger partial charge is 0.466 e. The molecule has 6 heteroatoms. The summed E-state index contributed by atoms with van der Waals surface area (Å²) in [4.78, 5) is 14.6. The zero-order chi connectivity index (χ0) is 13.7. The second kappa shape index (κ2) is 6.42. The average molecular weight is 257 g/mol. The lowest BCUT2D eigenvalue weighted by Crippen LogP contribution is -2.24. The summed E-state index contributed by atoms with van der Waals surface area (Å²) in [5, 5.41) is 19.4. The van der Waals surface area contributed by atoms with Crippen LogP contribution in [0.1, 0.15) is 30.6 Å². The van der Waals surface area contributed by atoms with E-state index < -0.39 is 30.5 Å². The maximum atomic E-state index is 13.4. The number of nitrogens with zero attached hydrogens (tertiary/aromatic N) is 1. The van der Waals surface area contributed by atoms with E-state index in [2.05, 4.69) is 9.72 Å². The number of rotatable bonds is 5. The molecule has 0 aliphatic carbocycles. The van der Waals surface area contributed by atoms with E-state index in [1.165, 1.54) is 12.3 Å². The zero-order valence-electron chi connectivity index (χ0n) is 10.3. The van der Waals surface area contributed by atoms with Crippen molar-refractivity contribution in [2.24, 2.45) is 0 Å². The number of carbonyl (C=O) groups excluding carboxylic acids is 1. The summed E-state index contributed by atoms with van der Waals surface area (Å²) in [5.41, 5.74) is 0.514. The van der Waals surface area contributed by atoms with Gasteiger partial charge in [-0.3, -0.25) is 4.79 Å². The van der Waals surface area contributed by atoms with Gasteiger partial charge in [-0.25, -0.2) is 4.98 Å². The summed E-state index contributed by atoms with van der Waals surface area (Å²) in [5.74, 6) is -1.51. The fraction of sp³-hybridized carbons (Fsp3) is 0.500. The molecule has 0 fully saturated rings. The van der Waals surface area contributed by atoms with Crippen molar-refractivity contribution in [2.45, 2.75) is 32.5 Å². The number of aliphatic hydroxyl groups excluding tert-OH is 2. The second-order valence-electron chi connectivity index (χ2n) is 3.91. The molecule has 0 saturated heterocycles. The Balaban J connectivity index is 2.76. The van der Waals surface area contributed by atoms with Gasteiger partial charge in [0, 0.05) is 11.8 Å². The Morgan fingerprint density at radius 3 is 2.83 bits per heavy atom. The minimum Gasteiger partial charge on any atom is -0.466 e. The van der Waals surface area contributed by atoms with Gasteiger partial charge in [-0.15, -0.1) is 0 Å². The van der Waals surface area contributed by atoms with E-state index in [9.17, 15) is 19.4 Å². The molecule has 100 valence electrons. The van der Waals surface area contributed by atoms with Crippen LogP contribution < -0.4 is 0 Å². The fourth-order valence-corrected chi connectivity index (χ4v) is 1.49. The molecule has 0 aliphatic heterocycles. The first-order chi connectivity index (χ1) is 8.45. The van der Waals surface area contributed by atoms with Gasteiger partial charge in [-0.1, -0.05) is 0 Å². The van der Waals surface area contributed by atoms with Crippen LogP contribution in [0.2, 0.25) is 0 Å². The lowest BCUT2D eigenvalue weighted by atomic mass is 10.0. The molecule has 0 aliphatic rings. The van der Waals surface area contributed by atoms with E-state index in [1.54, 1.807) is 13.8 Å². The predicted octanol–water partition coefficient (Wildman–Crippen LogP) is 0.877. The van der Waals surface area contributed by atoms with E-state index in [-0.39, 0.29) is 12.2 Å². The number of carbonyl (C=O) groups is 1. The zero-order valence-corrected chi connectivity index (χ0v) is 10.3. The maximum Gasteiger partial charge on any atom is 0.308 e. The Labute approximate surface area is 104 Å². The minimum atomic E-state index is -1.51. The van der Waals surface area contributed by atoms with Crippen LogP contribution in [0.5, 0.6) is 0 Å². The average Bonchev–Trinajstić information content (AvgIpc) is 2.31. The summed E-state index contributed by atoms with van der Waals surface area (Å²) in [6.07, 6.45) is -2.03. The van der Waals surface area contributed by atoms with Crippen LogP contribution in [-0.4, -0.2) is 33.9 Å². The van der Waals surface area contributed by atoms with E-state index in [4.69, 9.17) is 0 Å². The number of pyridine rings is 1. The van der Waals surface area contributed by atoms with Gasteiger partial charge in [0.15, 0.2) is 0 Å². The van der Waals surface area contributed by atoms with Crippen molar-refractivity contribution in [1.29, 1.82) is 0 Å². The van der Waals surface area contributed by atoms with Crippen molar-refractivity contribution in [2.75, 3.05) is 6.61 Å². The van der Waals surface area contributed by atoms with Crippen molar-refractivity contribution in [1.82, 2.24) is 4.98 Å². The van der Waals surface area contributed by atoms with Crippen molar-refractivity contribution < 1.29 is 24.1 Å². The minimum absolute atomic E-state index is 0.133. The summed E-state index contributed by atoms with van der Waals surface area (Å²) in [6, 6.07) is 1.38. The first-order valence-corrected chi connectivity index (χ1v) is 5.59.